The third-order valence-electron chi connectivity index (χ3n) is 5.16. The van der Waals surface area contributed by atoms with Gasteiger partial charge in [-0.05, 0) is 43.7 Å². The van der Waals surface area contributed by atoms with Gasteiger partial charge in [0.05, 0.1) is 18.7 Å². The number of aromatic nitrogens is 3. The van der Waals surface area contributed by atoms with E-state index in [1.807, 2.05) is 92.7 Å². The van der Waals surface area contributed by atoms with Crippen molar-refractivity contribution in [1.82, 2.24) is 14.8 Å². The van der Waals surface area contributed by atoms with Gasteiger partial charge in [0, 0.05) is 17.9 Å². The minimum absolute atomic E-state index is 0.0648. The number of benzene rings is 3. The Bertz CT molecular complexity index is 1200. The van der Waals surface area contributed by atoms with Gasteiger partial charge in [0.1, 0.15) is 6.61 Å². The molecule has 1 amide bonds. The lowest BCUT2D eigenvalue weighted by Crippen LogP contribution is -2.14. The van der Waals surface area contributed by atoms with Crippen LogP contribution >= 0.6 is 0 Å². The second-order valence-electron chi connectivity index (χ2n) is 7.80. The fourth-order valence-electron chi connectivity index (χ4n) is 3.43. The van der Waals surface area contributed by atoms with Crippen molar-refractivity contribution in [3.63, 3.8) is 0 Å². The maximum Gasteiger partial charge on any atom is 0.336 e. The molecular formula is C27H28N4O3. The summed E-state index contributed by atoms with van der Waals surface area (Å²) in [5.74, 6) is 0.609. The van der Waals surface area contributed by atoms with Crippen LogP contribution in [-0.4, -0.2) is 40.5 Å². The zero-order valence-corrected chi connectivity index (χ0v) is 19.4. The molecule has 0 aliphatic carbocycles. The molecule has 0 unspecified atom stereocenters. The van der Waals surface area contributed by atoms with Crippen LogP contribution in [0.25, 0.3) is 17.1 Å². The van der Waals surface area contributed by atoms with Gasteiger partial charge >= 0.3 is 6.01 Å². The van der Waals surface area contributed by atoms with E-state index >= 15 is 0 Å². The van der Waals surface area contributed by atoms with Gasteiger partial charge in [0.2, 0.25) is 5.91 Å². The van der Waals surface area contributed by atoms with E-state index < -0.39 is 0 Å². The Balaban J connectivity index is 1.52. The van der Waals surface area contributed by atoms with E-state index in [2.05, 4.69) is 15.4 Å². The van der Waals surface area contributed by atoms with E-state index in [-0.39, 0.29) is 11.9 Å². The van der Waals surface area contributed by atoms with Crippen molar-refractivity contribution in [2.45, 2.75) is 20.3 Å². The SMILES string of the molecule is CCOCCOc1nc(-c2ccc(C)cc2)n(-c2ccc(NC(=O)Cc3ccccc3)cc2)n1. The summed E-state index contributed by atoms with van der Waals surface area (Å²) < 4.78 is 12.8. The number of rotatable bonds is 10. The van der Waals surface area contributed by atoms with Gasteiger partial charge in [-0.3, -0.25) is 4.79 Å². The summed E-state index contributed by atoms with van der Waals surface area (Å²) in [6.07, 6.45) is 0.325. The Morgan fingerprint density at radius 2 is 1.68 bits per heavy atom. The maximum absolute atomic E-state index is 12.4. The van der Waals surface area contributed by atoms with Gasteiger partial charge in [0.15, 0.2) is 5.82 Å². The molecule has 0 saturated heterocycles. The molecule has 0 fully saturated rings. The molecule has 4 aromatic rings. The minimum atomic E-state index is -0.0648. The highest BCUT2D eigenvalue weighted by Gasteiger charge is 2.15. The number of amides is 1. The van der Waals surface area contributed by atoms with Crippen LogP contribution in [0.4, 0.5) is 5.69 Å². The Kier molecular flexibility index (Phi) is 7.67. The predicted octanol–water partition coefficient (Wildman–Crippen LogP) is 4.84. The lowest BCUT2D eigenvalue weighted by Gasteiger charge is -2.09. The summed E-state index contributed by atoms with van der Waals surface area (Å²) >= 11 is 0. The Morgan fingerprint density at radius 1 is 0.941 bits per heavy atom. The molecule has 0 aliphatic heterocycles. The van der Waals surface area contributed by atoms with E-state index in [9.17, 15) is 4.79 Å². The quantitative estimate of drug-likeness (QED) is 0.346. The van der Waals surface area contributed by atoms with Crippen molar-refractivity contribution in [1.29, 1.82) is 0 Å². The van der Waals surface area contributed by atoms with Gasteiger partial charge in [-0.1, -0.05) is 60.2 Å². The highest BCUT2D eigenvalue weighted by molar-refractivity contribution is 5.92. The van der Waals surface area contributed by atoms with Crippen LogP contribution in [0.15, 0.2) is 78.9 Å². The topological polar surface area (TPSA) is 78.3 Å². The van der Waals surface area contributed by atoms with Crippen molar-refractivity contribution >= 4 is 11.6 Å². The number of nitrogens with one attached hydrogen (secondary N) is 1. The van der Waals surface area contributed by atoms with Crippen molar-refractivity contribution in [3.8, 4) is 23.1 Å². The molecule has 34 heavy (non-hydrogen) atoms. The summed E-state index contributed by atoms with van der Waals surface area (Å²) in [6, 6.07) is 25.6. The van der Waals surface area contributed by atoms with Crippen LogP contribution in [0.1, 0.15) is 18.1 Å². The second kappa shape index (κ2) is 11.2. The molecule has 3 aromatic carbocycles. The molecular weight excluding hydrogens is 428 g/mol. The van der Waals surface area contributed by atoms with Crippen molar-refractivity contribution < 1.29 is 14.3 Å². The Hall–Kier alpha value is -3.97. The standard InChI is InChI=1S/C27H28N4O3/c1-3-33-17-18-34-27-29-26(22-11-9-20(2)10-12-22)31(30-27)24-15-13-23(14-16-24)28-25(32)19-21-7-5-4-6-8-21/h4-16H,3,17-19H2,1-2H3,(H,28,32). The van der Waals surface area contributed by atoms with Crippen LogP contribution in [0.2, 0.25) is 0 Å². The molecule has 0 saturated carbocycles. The van der Waals surface area contributed by atoms with Crippen LogP contribution < -0.4 is 10.1 Å². The molecule has 1 N–H and O–H groups in total. The number of hydrogen-bond acceptors (Lipinski definition) is 5. The molecule has 4 rings (SSSR count). The molecule has 0 spiro atoms. The minimum Gasteiger partial charge on any atom is -0.460 e. The van der Waals surface area contributed by atoms with E-state index in [1.54, 1.807) is 4.68 Å². The number of carbonyl (C=O) groups is 1. The summed E-state index contributed by atoms with van der Waals surface area (Å²) in [4.78, 5) is 17.0. The monoisotopic (exact) mass is 456 g/mol. The van der Waals surface area contributed by atoms with E-state index in [0.717, 1.165) is 22.5 Å². The van der Waals surface area contributed by atoms with Gasteiger partial charge in [-0.25, -0.2) is 4.68 Å². The lowest BCUT2D eigenvalue weighted by atomic mass is 10.1. The first-order chi connectivity index (χ1) is 16.6. The molecule has 1 heterocycles. The van der Waals surface area contributed by atoms with E-state index in [1.165, 1.54) is 5.56 Å². The number of anilines is 1. The third kappa shape index (κ3) is 6.08. The molecule has 0 radical (unpaired) electrons. The van der Waals surface area contributed by atoms with Crippen molar-refractivity contribution in [2.75, 3.05) is 25.1 Å². The summed E-state index contributed by atoms with van der Waals surface area (Å²) in [7, 11) is 0. The van der Waals surface area contributed by atoms with Crippen molar-refractivity contribution in [2.24, 2.45) is 0 Å². The first-order valence-electron chi connectivity index (χ1n) is 11.3. The van der Waals surface area contributed by atoms with Gasteiger partial charge in [-0.2, -0.15) is 4.98 Å². The molecule has 0 aliphatic rings. The highest BCUT2D eigenvalue weighted by atomic mass is 16.5. The molecule has 0 atom stereocenters. The van der Waals surface area contributed by atoms with Gasteiger partial charge in [-0.15, -0.1) is 5.10 Å². The van der Waals surface area contributed by atoms with Crippen LogP contribution in [-0.2, 0) is 16.0 Å². The maximum atomic E-state index is 12.4. The molecule has 174 valence electrons. The fraction of sp³-hybridized carbons (Fsp3) is 0.222. The van der Waals surface area contributed by atoms with Crippen LogP contribution in [0.5, 0.6) is 6.01 Å². The zero-order valence-electron chi connectivity index (χ0n) is 19.4. The number of nitrogens with zero attached hydrogens (tertiary/aromatic N) is 3. The normalized spacial score (nSPS) is 10.8. The lowest BCUT2D eigenvalue weighted by molar-refractivity contribution is -0.115. The molecule has 1 aromatic heterocycles. The third-order valence-corrected chi connectivity index (χ3v) is 5.16. The molecule has 0 bridgehead atoms. The predicted molar refractivity (Wildman–Crippen MR) is 132 cm³/mol. The Labute approximate surface area is 199 Å². The summed E-state index contributed by atoms with van der Waals surface area (Å²) in [5.41, 5.74) is 4.59. The largest absolute Gasteiger partial charge is 0.460 e. The second-order valence-corrected chi connectivity index (χ2v) is 7.80. The fourth-order valence-corrected chi connectivity index (χ4v) is 3.43. The Morgan fingerprint density at radius 3 is 2.38 bits per heavy atom. The van der Waals surface area contributed by atoms with Crippen LogP contribution in [0.3, 0.4) is 0 Å². The van der Waals surface area contributed by atoms with Gasteiger partial charge in [0.25, 0.3) is 0 Å². The number of ether oxygens (including phenoxy) is 2. The summed E-state index contributed by atoms with van der Waals surface area (Å²) in [6.45, 7) is 5.46. The molecule has 7 heteroatoms. The number of hydrogen-bond donors (Lipinski definition) is 1. The van der Waals surface area contributed by atoms with E-state index in [0.29, 0.717) is 32.1 Å². The molecule has 7 nitrogen and oxygen atoms in total. The van der Waals surface area contributed by atoms with E-state index in [4.69, 9.17) is 9.47 Å². The first kappa shape index (κ1) is 23.2. The number of carbonyl (C=O) groups excluding carboxylic acids is 1. The van der Waals surface area contributed by atoms with Gasteiger partial charge < -0.3 is 14.8 Å². The first-order valence-corrected chi connectivity index (χ1v) is 11.3. The smallest absolute Gasteiger partial charge is 0.336 e. The average molecular weight is 457 g/mol. The zero-order chi connectivity index (χ0) is 23.8. The summed E-state index contributed by atoms with van der Waals surface area (Å²) in [5, 5.41) is 7.51. The highest BCUT2D eigenvalue weighted by Crippen LogP contribution is 2.25. The average Bonchev–Trinajstić information content (AvgIpc) is 3.27. The van der Waals surface area contributed by atoms with Crippen molar-refractivity contribution in [3.05, 3.63) is 90.0 Å². The number of aryl methyl sites for hydroxylation is 1. The van der Waals surface area contributed by atoms with Crippen LogP contribution in [0, 0.1) is 6.92 Å².